The predicted molar refractivity (Wildman–Crippen MR) is 128 cm³/mol. The molecule has 0 unspecified atom stereocenters. The van der Waals surface area contributed by atoms with Crippen LogP contribution in [-0.4, -0.2) is 40.6 Å². The van der Waals surface area contributed by atoms with Gasteiger partial charge in [-0.3, -0.25) is 4.79 Å². The fourth-order valence-corrected chi connectivity index (χ4v) is 4.86. The summed E-state index contributed by atoms with van der Waals surface area (Å²) in [6.07, 6.45) is 0. The van der Waals surface area contributed by atoms with Crippen LogP contribution in [0.5, 0.6) is 5.75 Å². The number of hydrogen-bond acceptors (Lipinski definition) is 6. The zero-order valence-electron chi connectivity index (χ0n) is 18.6. The van der Waals surface area contributed by atoms with E-state index < -0.39 is 10.1 Å². The Hall–Kier alpha value is -3.36. The molecule has 0 saturated carbocycles. The van der Waals surface area contributed by atoms with E-state index in [1.807, 2.05) is 37.3 Å². The highest BCUT2D eigenvalue weighted by Gasteiger charge is 2.20. The number of aryl methyl sites for hydroxylation is 2. The Labute approximate surface area is 194 Å². The molecular weight excluding hydrogens is 440 g/mol. The number of nitrogens with zero attached hydrogens (tertiary/aromatic N) is 1. The molecule has 1 N–H and O–H groups in total. The van der Waals surface area contributed by atoms with Gasteiger partial charge in [0.15, 0.2) is 0 Å². The van der Waals surface area contributed by atoms with Crippen molar-refractivity contribution in [1.82, 2.24) is 0 Å². The van der Waals surface area contributed by atoms with Gasteiger partial charge < -0.3 is 19.1 Å². The first-order chi connectivity index (χ1) is 15.8. The molecule has 0 radical (unpaired) electrons. The summed E-state index contributed by atoms with van der Waals surface area (Å²) in [6.45, 7) is 6.53. The van der Waals surface area contributed by atoms with E-state index in [-0.39, 0.29) is 16.6 Å². The lowest BCUT2D eigenvalue weighted by Crippen LogP contribution is -2.36. The average molecular weight is 467 g/mol. The largest absolute Gasteiger partial charge is 0.379 e. The molecule has 33 heavy (non-hydrogen) atoms. The van der Waals surface area contributed by atoms with Gasteiger partial charge >= 0.3 is 10.1 Å². The molecular formula is C25H26N2O5S. The van der Waals surface area contributed by atoms with Gasteiger partial charge in [0.05, 0.1) is 13.2 Å². The molecule has 1 aliphatic rings. The lowest BCUT2D eigenvalue weighted by atomic mass is 10.2. The molecule has 0 spiro atoms. The van der Waals surface area contributed by atoms with E-state index in [1.54, 1.807) is 19.1 Å². The third kappa shape index (κ3) is 5.53. The fourth-order valence-electron chi connectivity index (χ4n) is 3.62. The number of nitrogens with one attached hydrogen (secondary N) is 1. The predicted octanol–water partition coefficient (Wildman–Crippen LogP) is 4.16. The van der Waals surface area contributed by atoms with Gasteiger partial charge in [0.1, 0.15) is 10.6 Å². The van der Waals surface area contributed by atoms with Gasteiger partial charge in [-0.05, 0) is 73.5 Å². The van der Waals surface area contributed by atoms with Crippen LogP contribution in [-0.2, 0) is 14.9 Å². The molecule has 0 aliphatic carbocycles. The van der Waals surface area contributed by atoms with Crippen molar-refractivity contribution in [3.63, 3.8) is 0 Å². The number of morpholine rings is 1. The van der Waals surface area contributed by atoms with Gasteiger partial charge in [-0.1, -0.05) is 18.2 Å². The van der Waals surface area contributed by atoms with Crippen LogP contribution < -0.4 is 14.4 Å². The normalized spacial score (nSPS) is 14.1. The summed E-state index contributed by atoms with van der Waals surface area (Å²) in [5, 5.41) is 2.89. The van der Waals surface area contributed by atoms with Crippen LogP contribution in [0.3, 0.4) is 0 Å². The number of carbonyl (C=O) groups is 1. The summed E-state index contributed by atoms with van der Waals surface area (Å²) in [5.41, 5.74) is 3.53. The lowest BCUT2D eigenvalue weighted by molar-refractivity contribution is 0.102. The van der Waals surface area contributed by atoms with Crippen LogP contribution in [0.4, 0.5) is 11.4 Å². The summed E-state index contributed by atoms with van der Waals surface area (Å²) >= 11 is 0. The number of anilines is 2. The standard InChI is InChI=1S/C25H26N2O5S/c1-18-6-7-19(2)24(16-18)33(29,30)32-23-10-8-20(9-11-23)25(28)26-21-4-3-5-22(17-21)27-12-14-31-15-13-27/h3-11,16-17H,12-15H2,1-2H3,(H,26,28). The molecule has 1 saturated heterocycles. The molecule has 1 heterocycles. The Morgan fingerprint density at radius 3 is 2.42 bits per heavy atom. The number of ether oxygens (including phenoxy) is 1. The highest BCUT2D eigenvalue weighted by Crippen LogP contribution is 2.24. The zero-order chi connectivity index (χ0) is 23.4. The summed E-state index contributed by atoms with van der Waals surface area (Å²) in [6, 6.07) is 18.9. The van der Waals surface area contributed by atoms with E-state index in [2.05, 4.69) is 10.2 Å². The Morgan fingerprint density at radius 1 is 0.970 bits per heavy atom. The Kier molecular flexibility index (Phi) is 6.67. The maximum absolute atomic E-state index is 12.7. The first-order valence-corrected chi connectivity index (χ1v) is 12.1. The summed E-state index contributed by atoms with van der Waals surface area (Å²) in [7, 11) is -3.98. The van der Waals surface area contributed by atoms with Crippen LogP contribution in [0.2, 0.25) is 0 Å². The van der Waals surface area contributed by atoms with Crippen molar-refractivity contribution < 1.29 is 22.1 Å². The van der Waals surface area contributed by atoms with Gasteiger partial charge in [-0.25, -0.2) is 0 Å². The van der Waals surface area contributed by atoms with Crippen LogP contribution in [0, 0.1) is 13.8 Å². The van der Waals surface area contributed by atoms with Crippen molar-refractivity contribution in [3.05, 3.63) is 83.4 Å². The molecule has 3 aromatic rings. The lowest BCUT2D eigenvalue weighted by Gasteiger charge is -2.29. The minimum atomic E-state index is -3.98. The minimum Gasteiger partial charge on any atom is -0.379 e. The summed E-state index contributed by atoms with van der Waals surface area (Å²) in [4.78, 5) is 15.0. The van der Waals surface area contributed by atoms with Gasteiger partial charge in [0, 0.05) is 30.0 Å². The first-order valence-electron chi connectivity index (χ1n) is 10.7. The number of benzene rings is 3. The highest BCUT2D eigenvalue weighted by atomic mass is 32.2. The van der Waals surface area contributed by atoms with Crippen molar-refractivity contribution in [2.75, 3.05) is 36.5 Å². The summed E-state index contributed by atoms with van der Waals surface area (Å²) in [5.74, 6) is -0.153. The molecule has 0 atom stereocenters. The molecule has 3 aromatic carbocycles. The van der Waals surface area contributed by atoms with Crippen molar-refractivity contribution >= 4 is 27.4 Å². The van der Waals surface area contributed by atoms with E-state index in [4.69, 9.17) is 8.92 Å². The second-order valence-electron chi connectivity index (χ2n) is 7.93. The van der Waals surface area contributed by atoms with Gasteiger partial charge in [0.2, 0.25) is 0 Å². The van der Waals surface area contributed by atoms with Gasteiger partial charge in [-0.2, -0.15) is 8.42 Å². The number of amides is 1. The Morgan fingerprint density at radius 2 is 1.70 bits per heavy atom. The van der Waals surface area contributed by atoms with E-state index >= 15 is 0 Å². The average Bonchev–Trinajstić information content (AvgIpc) is 2.81. The van der Waals surface area contributed by atoms with E-state index in [9.17, 15) is 13.2 Å². The van der Waals surface area contributed by atoms with Crippen molar-refractivity contribution in [2.45, 2.75) is 18.7 Å². The van der Waals surface area contributed by atoms with Crippen molar-refractivity contribution in [1.29, 1.82) is 0 Å². The van der Waals surface area contributed by atoms with E-state index in [0.717, 1.165) is 24.3 Å². The van der Waals surface area contributed by atoms with Crippen LogP contribution in [0.25, 0.3) is 0 Å². The quantitative estimate of drug-likeness (QED) is 0.549. The van der Waals surface area contributed by atoms with E-state index in [0.29, 0.717) is 30.0 Å². The maximum atomic E-state index is 12.7. The Bertz CT molecular complexity index is 1250. The van der Waals surface area contributed by atoms with Crippen molar-refractivity contribution in [3.8, 4) is 5.75 Å². The third-order valence-electron chi connectivity index (χ3n) is 5.42. The fraction of sp³-hybridized carbons (Fsp3) is 0.240. The second-order valence-corrected chi connectivity index (χ2v) is 9.45. The van der Waals surface area contributed by atoms with Crippen molar-refractivity contribution in [2.24, 2.45) is 0 Å². The molecule has 0 bridgehead atoms. The smallest absolute Gasteiger partial charge is 0.339 e. The molecule has 7 nitrogen and oxygen atoms in total. The van der Waals surface area contributed by atoms with E-state index in [1.165, 1.54) is 24.3 Å². The number of rotatable bonds is 6. The van der Waals surface area contributed by atoms with Crippen LogP contribution in [0.1, 0.15) is 21.5 Å². The highest BCUT2D eigenvalue weighted by molar-refractivity contribution is 7.87. The molecule has 1 aliphatic heterocycles. The molecule has 4 rings (SSSR count). The minimum absolute atomic E-state index is 0.129. The molecule has 172 valence electrons. The number of hydrogen-bond donors (Lipinski definition) is 1. The first kappa shape index (κ1) is 22.8. The van der Waals surface area contributed by atoms with Gasteiger partial charge in [-0.15, -0.1) is 0 Å². The molecule has 1 amide bonds. The number of carbonyl (C=O) groups excluding carboxylic acids is 1. The zero-order valence-corrected chi connectivity index (χ0v) is 19.4. The molecule has 1 fully saturated rings. The SMILES string of the molecule is Cc1ccc(C)c(S(=O)(=O)Oc2ccc(C(=O)Nc3cccc(N4CCOCC4)c3)cc2)c1. The summed E-state index contributed by atoms with van der Waals surface area (Å²) < 4.78 is 36.0. The third-order valence-corrected chi connectivity index (χ3v) is 6.81. The molecule has 8 heteroatoms. The monoisotopic (exact) mass is 466 g/mol. The second kappa shape index (κ2) is 9.64. The van der Waals surface area contributed by atoms with Crippen LogP contribution in [0.15, 0.2) is 71.6 Å². The topological polar surface area (TPSA) is 84.9 Å². The van der Waals surface area contributed by atoms with Gasteiger partial charge in [0.25, 0.3) is 5.91 Å². The maximum Gasteiger partial charge on any atom is 0.339 e. The Balaban J connectivity index is 1.44. The molecule has 0 aromatic heterocycles. The van der Waals surface area contributed by atoms with Crippen LogP contribution >= 0.6 is 0 Å².